The van der Waals surface area contributed by atoms with Gasteiger partial charge in [-0.25, -0.2) is 0 Å². The first-order valence-electron chi connectivity index (χ1n) is 6.03. The van der Waals surface area contributed by atoms with Crippen LogP contribution in [0.2, 0.25) is 0 Å². The Bertz CT molecular complexity index is 321. The van der Waals surface area contributed by atoms with Crippen LogP contribution in [-0.2, 0) is 14.3 Å². The normalized spacial score (nSPS) is 30.0. The molecule has 0 aromatic heterocycles. The fourth-order valence-electron chi connectivity index (χ4n) is 2.17. The number of fused-ring (bicyclic) bond motifs is 1. The fraction of sp³-hybridized carbons (Fsp3) is 0.818. The topological polar surface area (TPSA) is 70.7 Å². The maximum Gasteiger partial charge on any atom is 0.249 e. The molecule has 0 radical (unpaired) electrons. The fourth-order valence-corrected chi connectivity index (χ4v) is 2.17. The van der Waals surface area contributed by atoms with E-state index in [0.717, 1.165) is 19.4 Å². The van der Waals surface area contributed by atoms with E-state index in [4.69, 9.17) is 4.74 Å². The number of ether oxygens (including phenoxy) is 1. The lowest BCUT2D eigenvalue weighted by Crippen LogP contribution is -2.59. The van der Waals surface area contributed by atoms with Crippen molar-refractivity contribution in [1.82, 2.24) is 15.5 Å². The lowest BCUT2D eigenvalue weighted by Gasteiger charge is -2.35. The Morgan fingerprint density at radius 3 is 3.06 bits per heavy atom. The summed E-state index contributed by atoms with van der Waals surface area (Å²) < 4.78 is 5.57. The second-order valence-corrected chi connectivity index (χ2v) is 4.53. The van der Waals surface area contributed by atoms with E-state index in [-0.39, 0.29) is 30.7 Å². The van der Waals surface area contributed by atoms with Crippen molar-refractivity contribution in [2.24, 2.45) is 0 Å². The first-order valence-corrected chi connectivity index (χ1v) is 6.03. The number of hydrogen-bond donors (Lipinski definition) is 2. The average Bonchev–Trinajstić information content (AvgIpc) is 2.80. The van der Waals surface area contributed by atoms with Gasteiger partial charge in [0.05, 0.1) is 12.6 Å². The minimum absolute atomic E-state index is 0.0181. The molecule has 2 saturated heterocycles. The summed E-state index contributed by atoms with van der Waals surface area (Å²) in [7, 11) is 1.71. The number of amides is 2. The van der Waals surface area contributed by atoms with Crippen molar-refractivity contribution in [3.63, 3.8) is 0 Å². The van der Waals surface area contributed by atoms with Crippen molar-refractivity contribution in [3.05, 3.63) is 0 Å². The maximum atomic E-state index is 12.1. The van der Waals surface area contributed by atoms with Gasteiger partial charge in [0.1, 0.15) is 12.3 Å². The number of nitrogens with zero attached hydrogens (tertiary/aromatic N) is 1. The van der Waals surface area contributed by atoms with Crippen molar-refractivity contribution < 1.29 is 14.3 Å². The van der Waals surface area contributed by atoms with Crippen molar-refractivity contribution in [2.45, 2.75) is 38.1 Å². The van der Waals surface area contributed by atoms with Crippen LogP contribution in [0.4, 0.5) is 0 Å². The van der Waals surface area contributed by atoms with E-state index in [1.165, 1.54) is 0 Å². The minimum Gasteiger partial charge on any atom is -0.356 e. The van der Waals surface area contributed by atoms with Crippen LogP contribution in [0.5, 0.6) is 0 Å². The van der Waals surface area contributed by atoms with Crippen LogP contribution in [0.3, 0.4) is 0 Å². The van der Waals surface area contributed by atoms with E-state index >= 15 is 0 Å². The van der Waals surface area contributed by atoms with Gasteiger partial charge in [-0.05, 0) is 26.8 Å². The average molecular weight is 241 g/mol. The third-order valence-electron chi connectivity index (χ3n) is 3.38. The van der Waals surface area contributed by atoms with Crippen LogP contribution in [0, 0.1) is 0 Å². The summed E-state index contributed by atoms with van der Waals surface area (Å²) >= 11 is 0. The Kier molecular flexibility index (Phi) is 3.63. The zero-order valence-electron chi connectivity index (χ0n) is 10.2. The van der Waals surface area contributed by atoms with E-state index in [1.54, 1.807) is 18.9 Å². The molecule has 2 N–H and O–H groups in total. The quantitative estimate of drug-likeness (QED) is 0.669. The SMILES string of the molecule is CNC(C)C(=O)NC1COC2CCCN2C1=O. The van der Waals surface area contributed by atoms with Crippen LogP contribution in [0.25, 0.3) is 0 Å². The highest BCUT2D eigenvalue weighted by atomic mass is 16.5. The molecule has 2 heterocycles. The van der Waals surface area contributed by atoms with Crippen molar-refractivity contribution >= 4 is 11.8 Å². The smallest absolute Gasteiger partial charge is 0.249 e. The molecule has 2 fully saturated rings. The largest absolute Gasteiger partial charge is 0.356 e. The van der Waals surface area contributed by atoms with Gasteiger partial charge in [-0.1, -0.05) is 0 Å². The first-order chi connectivity index (χ1) is 8.13. The van der Waals surface area contributed by atoms with Gasteiger partial charge in [0.2, 0.25) is 11.8 Å². The van der Waals surface area contributed by atoms with Crippen LogP contribution >= 0.6 is 0 Å². The van der Waals surface area contributed by atoms with Gasteiger partial charge < -0.3 is 20.3 Å². The predicted molar refractivity (Wildman–Crippen MR) is 61.1 cm³/mol. The number of hydrogen-bond acceptors (Lipinski definition) is 4. The summed E-state index contributed by atoms with van der Waals surface area (Å²) in [6.45, 7) is 2.77. The van der Waals surface area contributed by atoms with Crippen LogP contribution < -0.4 is 10.6 Å². The molecule has 2 aliphatic rings. The van der Waals surface area contributed by atoms with Crippen molar-refractivity contribution in [3.8, 4) is 0 Å². The molecular weight excluding hydrogens is 222 g/mol. The number of carbonyl (C=O) groups is 2. The third-order valence-corrected chi connectivity index (χ3v) is 3.38. The summed E-state index contributed by atoms with van der Waals surface area (Å²) in [5.41, 5.74) is 0. The molecule has 6 nitrogen and oxygen atoms in total. The Hall–Kier alpha value is -1.14. The molecule has 2 aliphatic heterocycles. The molecule has 96 valence electrons. The van der Waals surface area contributed by atoms with Gasteiger partial charge in [0.15, 0.2) is 0 Å². The van der Waals surface area contributed by atoms with E-state index in [2.05, 4.69) is 10.6 Å². The zero-order valence-corrected chi connectivity index (χ0v) is 10.2. The molecule has 0 aromatic carbocycles. The van der Waals surface area contributed by atoms with E-state index < -0.39 is 6.04 Å². The number of nitrogens with one attached hydrogen (secondary N) is 2. The molecule has 0 saturated carbocycles. The first kappa shape index (κ1) is 12.3. The predicted octanol–water partition coefficient (Wildman–Crippen LogP) is -0.942. The van der Waals surface area contributed by atoms with E-state index in [0.29, 0.717) is 0 Å². The second kappa shape index (κ2) is 5.01. The van der Waals surface area contributed by atoms with Gasteiger partial charge in [0.25, 0.3) is 0 Å². The number of likely N-dealkylation sites (N-methyl/N-ethyl adjacent to an activating group) is 1. The van der Waals surface area contributed by atoms with Crippen LogP contribution in [-0.4, -0.2) is 55.2 Å². The summed E-state index contributed by atoms with van der Waals surface area (Å²) in [6, 6.07) is -0.841. The Morgan fingerprint density at radius 2 is 2.35 bits per heavy atom. The molecule has 2 rings (SSSR count). The highest BCUT2D eigenvalue weighted by Gasteiger charge is 2.39. The monoisotopic (exact) mass is 241 g/mol. The molecule has 17 heavy (non-hydrogen) atoms. The van der Waals surface area contributed by atoms with E-state index in [1.807, 2.05) is 0 Å². The van der Waals surface area contributed by atoms with Crippen LogP contribution in [0.1, 0.15) is 19.8 Å². The molecule has 0 bridgehead atoms. The third kappa shape index (κ3) is 2.42. The Labute approximate surface area is 101 Å². The Morgan fingerprint density at radius 1 is 1.59 bits per heavy atom. The molecule has 3 atom stereocenters. The molecule has 0 spiro atoms. The van der Waals surface area contributed by atoms with Crippen molar-refractivity contribution in [2.75, 3.05) is 20.2 Å². The highest BCUT2D eigenvalue weighted by molar-refractivity contribution is 5.90. The van der Waals surface area contributed by atoms with Gasteiger partial charge >= 0.3 is 0 Å². The second-order valence-electron chi connectivity index (χ2n) is 4.53. The molecule has 0 aliphatic carbocycles. The van der Waals surface area contributed by atoms with Crippen LogP contribution in [0.15, 0.2) is 0 Å². The number of carbonyl (C=O) groups excluding carboxylic acids is 2. The zero-order chi connectivity index (χ0) is 12.4. The molecule has 0 aromatic rings. The van der Waals surface area contributed by atoms with Gasteiger partial charge in [-0.3, -0.25) is 9.59 Å². The lowest BCUT2D eigenvalue weighted by atomic mass is 10.2. The molecule has 2 amide bonds. The standard InChI is InChI=1S/C11H19N3O3/c1-7(12-2)10(15)13-8-6-17-9-4-3-5-14(9)11(8)16/h7-9,12H,3-6H2,1-2H3,(H,13,15). The van der Waals surface area contributed by atoms with Crippen molar-refractivity contribution in [1.29, 1.82) is 0 Å². The Balaban J connectivity index is 1.94. The summed E-state index contributed by atoms with van der Waals surface area (Å²) in [4.78, 5) is 25.5. The maximum absolute atomic E-state index is 12.1. The molecule has 3 unspecified atom stereocenters. The minimum atomic E-state index is -0.535. The number of rotatable bonds is 3. The summed E-state index contributed by atoms with van der Waals surface area (Å²) in [5, 5.41) is 5.55. The molecular formula is C11H19N3O3. The van der Waals surface area contributed by atoms with Gasteiger partial charge in [-0.2, -0.15) is 0 Å². The van der Waals surface area contributed by atoms with E-state index in [9.17, 15) is 9.59 Å². The summed E-state index contributed by atoms with van der Waals surface area (Å²) in [6.07, 6.45) is 1.81. The molecule has 6 heteroatoms. The highest BCUT2D eigenvalue weighted by Crippen LogP contribution is 2.23. The van der Waals surface area contributed by atoms with Gasteiger partial charge in [-0.15, -0.1) is 0 Å². The lowest BCUT2D eigenvalue weighted by molar-refractivity contribution is -0.160. The summed E-state index contributed by atoms with van der Waals surface area (Å²) in [5.74, 6) is -0.192. The van der Waals surface area contributed by atoms with Gasteiger partial charge in [0, 0.05) is 6.54 Å².